The van der Waals surface area contributed by atoms with E-state index in [0.29, 0.717) is 0 Å². The molecule has 292 valence electrons. The molecule has 3 aromatic rings. The van der Waals surface area contributed by atoms with Gasteiger partial charge in [-0.15, -0.1) is 0 Å². The predicted octanol–water partition coefficient (Wildman–Crippen LogP) is -2.92. The molecule has 3 fully saturated rings. The molecule has 20 nitrogen and oxygen atoms in total. The number of phenols is 3. The highest BCUT2D eigenvalue weighted by Crippen LogP contribution is 2.40. The van der Waals surface area contributed by atoms with E-state index in [1.54, 1.807) is 0 Å². The van der Waals surface area contributed by atoms with Crippen molar-refractivity contribution in [3.8, 4) is 40.1 Å². The molecule has 0 radical (unpaired) electrons. The fourth-order valence-corrected chi connectivity index (χ4v) is 6.17. The minimum absolute atomic E-state index is 0.0222. The highest BCUT2D eigenvalue weighted by atomic mass is 16.7. The first-order valence-electron chi connectivity index (χ1n) is 16.3. The number of aromatic hydroxyl groups is 3. The smallest absolute Gasteiger partial charge is 0.239 e. The Morgan fingerprint density at radius 2 is 1.43 bits per heavy atom. The molecule has 2 aromatic carbocycles. The lowest BCUT2D eigenvalue weighted by atomic mass is 9.98. The van der Waals surface area contributed by atoms with Crippen LogP contribution in [0.25, 0.3) is 22.3 Å². The van der Waals surface area contributed by atoms with Crippen LogP contribution in [-0.4, -0.2) is 163 Å². The van der Waals surface area contributed by atoms with Crippen LogP contribution in [0.1, 0.15) is 6.92 Å². The van der Waals surface area contributed by atoms with E-state index in [1.165, 1.54) is 32.2 Å². The lowest BCUT2D eigenvalue weighted by Gasteiger charge is -2.44. The molecule has 9 unspecified atom stereocenters. The van der Waals surface area contributed by atoms with Crippen molar-refractivity contribution < 1.29 is 93.7 Å². The van der Waals surface area contributed by atoms with Crippen LogP contribution >= 0.6 is 0 Å². The van der Waals surface area contributed by atoms with Crippen LogP contribution in [0.4, 0.5) is 0 Å². The Labute approximate surface area is 298 Å². The third kappa shape index (κ3) is 7.47. The van der Waals surface area contributed by atoms with Crippen molar-refractivity contribution >= 4 is 11.0 Å². The Morgan fingerprint density at radius 3 is 2.15 bits per heavy atom. The molecule has 53 heavy (non-hydrogen) atoms. The number of hydrogen-bond acceptors (Lipinski definition) is 20. The zero-order valence-corrected chi connectivity index (χ0v) is 28.0. The maximum atomic E-state index is 13.7. The summed E-state index contributed by atoms with van der Waals surface area (Å²) in [6.07, 6.45) is -22.9. The second kappa shape index (κ2) is 15.5. The molecule has 20 heteroatoms. The summed E-state index contributed by atoms with van der Waals surface area (Å²) in [6, 6.07) is 5.82. The number of aliphatic hydroxyl groups excluding tert-OH is 8. The number of aliphatic hydroxyl groups is 8. The average Bonchev–Trinajstić information content (AvgIpc) is 3.12. The monoisotopic (exact) mass is 756 g/mol. The van der Waals surface area contributed by atoms with Gasteiger partial charge in [0.1, 0.15) is 83.5 Å². The lowest BCUT2D eigenvalue weighted by Crippen LogP contribution is -2.63. The molecule has 3 saturated heterocycles. The largest absolute Gasteiger partial charge is 0.508 e. The van der Waals surface area contributed by atoms with Crippen molar-refractivity contribution in [2.75, 3.05) is 20.3 Å². The highest BCUT2D eigenvalue weighted by molar-refractivity contribution is 5.88. The first-order valence-corrected chi connectivity index (χ1v) is 16.3. The van der Waals surface area contributed by atoms with Crippen molar-refractivity contribution in [2.45, 2.75) is 92.9 Å². The number of phenolic OH excluding ortho intramolecular Hbond substituents is 3. The van der Waals surface area contributed by atoms with Gasteiger partial charge in [-0.2, -0.15) is 0 Å². The molecule has 0 amide bonds. The van der Waals surface area contributed by atoms with E-state index in [4.69, 9.17) is 37.6 Å². The van der Waals surface area contributed by atoms with Crippen molar-refractivity contribution in [1.82, 2.24) is 0 Å². The molecule has 0 aliphatic carbocycles. The quantitative estimate of drug-likeness (QED) is 0.104. The van der Waals surface area contributed by atoms with E-state index in [1.807, 2.05) is 0 Å². The Hall–Kier alpha value is -3.87. The molecule has 1 aromatic heterocycles. The van der Waals surface area contributed by atoms with Gasteiger partial charge in [0, 0.05) is 17.7 Å². The van der Waals surface area contributed by atoms with Gasteiger partial charge >= 0.3 is 0 Å². The van der Waals surface area contributed by atoms with Crippen LogP contribution in [0.3, 0.4) is 0 Å². The number of rotatable bonds is 9. The maximum absolute atomic E-state index is 13.7. The number of fused-ring (bicyclic) bond motifs is 1. The second-order valence-corrected chi connectivity index (χ2v) is 12.8. The summed E-state index contributed by atoms with van der Waals surface area (Å²) < 4.78 is 44.4. The topological polar surface area (TPSA) is 317 Å². The summed E-state index contributed by atoms with van der Waals surface area (Å²) in [4.78, 5) is 13.7. The summed E-state index contributed by atoms with van der Waals surface area (Å²) in [7, 11) is 1.28. The zero-order valence-electron chi connectivity index (χ0n) is 28.0. The SMILES string of the molecule is COc1cc(-c2oc3cc(O)cc(O)c3c(=O)c2OC2OC[C@@H](OC3OC(CO[C@@H]4OC(C)[C@H](O)[C@H](O)C4O)[C@H](O)C(O)C3O)C(O)C2O)ccc1O. The van der Waals surface area contributed by atoms with Crippen molar-refractivity contribution in [3.05, 3.63) is 40.6 Å². The number of benzene rings is 2. The maximum Gasteiger partial charge on any atom is 0.239 e. The fraction of sp³-hybridized carbons (Fsp3) is 0.545. The third-order valence-corrected chi connectivity index (χ3v) is 9.24. The molecule has 3 aliphatic rings. The number of methoxy groups -OCH3 is 1. The molecule has 4 heterocycles. The Bertz CT molecular complexity index is 1820. The van der Waals surface area contributed by atoms with E-state index < -0.39 is 127 Å². The molecule has 0 spiro atoms. The van der Waals surface area contributed by atoms with Crippen LogP contribution in [0.5, 0.6) is 28.7 Å². The van der Waals surface area contributed by atoms with Gasteiger partial charge in [0.05, 0.1) is 26.4 Å². The van der Waals surface area contributed by atoms with E-state index in [-0.39, 0.29) is 28.4 Å². The minimum Gasteiger partial charge on any atom is -0.508 e. The normalized spacial score (nSPS) is 36.3. The number of hydrogen-bond donors (Lipinski definition) is 11. The van der Waals surface area contributed by atoms with Gasteiger partial charge in [0.25, 0.3) is 0 Å². The highest BCUT2D eigenvalue weighted by Gasteiger charge is 2.49. The standard InChI is InChI=1S/C33H40O20/c1-10-20(37)24(41)27(44)31(49-10)47-8-17-21(38)25(42)28(45)33(51-17)52-18-9-48-32(26(43)22(18)39)53-30-23(40)19-14(36)6-12(34)7-16(19)50-29(30)11-3-4-13(35)15(5-11)46-2/h3-7,10,17-18,20-22,24-28,31-39,41-45H,8-9H2,1-2H3/t10?,17?,18-,20+,21+,22?,24+,25?,26?,27?,28?,31-,32?,33?/m1/s1. The van der Waals surface area contributed by atoms with E-state index in [0.717, 1.165) is 12.1 Å². The van der Waals surface area contributed by atoms with Crippen molar-refractivity contribution in [1.29, 1.82) is 0 Å². The molecular formula is C33H40O20. The van der Waals surface area contributed by atoms with Crippen LogP contribution in [0, 0.1) is 0 Å². The zero-order chi connectivity index (χ0) is 38.5. The Balaban J connectivity index is 1.19. The molecule has 0 bridgehead atoms. The van der Waals surface area contributed by atoms with Gasteiger partial charge in [-0.05, 0) is 25.1 Å². The van der Waals surface area contributed by atoms with Gasteiger partial charge in [-0.25, -0.2) is 0 Å². The third-order valence-electron chi connectivity index (χ3n) is 9.24. The van der Waals surface area contributed by atoms with Gasteiger partial charge in [0.15, 0.2) is 29.8 Å². The van der Waals surface area contributed by atoms with Crippen LogP contribution in [0.2, 0.25) is 0 Å². The van der Waals surface area contributed by atoms with Gasteiger partial charge in [-0.3, -0.25) is 4.79 Å². The summed E-state index contributed by atoms with van der Waals surface area (Å²) in [5.41, 5.74) is -1.12. The average molecular weight is 757 g/mol. The summed E-state index contributed by atoms with van der Waals surface area (Å²) in [6.45, 7) is 0.271. The predicted molar refractivity (Wildman–Crippen MR) is 172 cm³/mol. The molecule has 6 rings (SSSR count). The van der Waals surface area contributed by atoms with Crippen LogP contribution in [0.15, 0.2) is 39.5 Å². The first-order chi connectivity index (χ1) is 25.1. The molecule has 0 saturated carbocycles. The summed E-state index contributed by atoms with van der Waals surface area (Å²) in [5, 5.41) is 114. The first kappa shape index (κ1) is 38.8. The summed E-state index contributed by atoms with van der Waals surface area (Å²) in [5.74, 6) is -2.29. The lowest BCUT2D eigenvalue weighted by molar-refractivity contribution is -0.349. The number of ether oxygens (including phenoxy) is 7. The van der Waals surface area contributed by atoms with E-state index in [9.17, 15) is 61.0 Å². The van der Waals surface area contributed by atoms with E-state index in [2.05, 4.69) is 0 Å². The van der Waals surface area contributed by atoms with Crippen molar-refractivity contribution in [2.24, 2.45) is 0 Å². The summed E-state index contributed by atoms with van der Waals surface area (Å²) >= 11 is 0. The van der Waals surface area contributed by atoms with Gasteiger partial charge in [-0.1, -0.05) is 0 Å². The molecule has 14 atom stereocenters. The molecule has 11 N–H and O–H groups in total. The fourth-order valence-electron chi connectivity index (χ4n) is 6.17. The van der Waals surface area contributed by atoms with Gasteiger partial charge < -0.3 is 93.7 Å². The van der Waals surface area contributed by atoms with Gasteiger partial charge in [0.2, 0.25) is 17.5 Å². The van der Waals surface area contributed by atoms with E-state index >= 15 is 0 Å². The second-order valence-electron chi connectivity index (χ2n) is 12.8. The minimum atomic E-state index is -1.97. The Morgan fingerprint density at radius 1 is 0.755 bits per heavy atom. The van der Waals surface area contributed by atoms with Crippen LogP contribution in [-0.2, 0) is 23.7 Å². The Kier molecular flexibility index (Phi) is 11.3. The molecular weight excluding hydrogens is 716 g/mol. The van der Waals surface area contributed by atoms with Crippen LogP contribution < -0.4 is 14.9 Å². The molecule has 3 aliphatic heterocycles. The van der Waals surface area contributed by atoms with Crippen molar-refractivity contribution in [3.63, 3.8) is 0 Å².